The van der Waals surface area contributed by atoms with Gasteiger partial charge >= 0.3 is 0 Å². The maximum absolute atomic E-state index is 2.42. The molecule has 0 bridgehead atoms. The summed E-state index contributed by atoms with van der Waals surface area (Å²) in [6.45, 7) is 4.78. The van der Waals surface area contributed by atoms with Crippen LogP contribution in [0.5, 0.6) is 0 Å². The number of rotatable bonds is 0. The Morgan fingerprint density at radius 1 is 1.57 bits per heavy atom. The summed E-state index contributed by atoms with van der Waals surface area (Å²) in [6, 6.07) is 0. The summed E-state index contributed by atoms with van der Waals surface area (Å²) in [5.41, 5.74) is 0. The van der Waals surface area contributed by atoms with E-state index in [0.29, 0.717) is 7.92 Å². The van der Waals surface area contributed by atoms with Crippen LogP contribution in [0, 0.1) is 5.92 Å². The zero-order valence-corrected chi connectivity index (χ0v) is 6.04. The first-order chi connectivity index (χ1) is 3.29. The minimum absolute atomic E-state index is 0.496. The van der Waals surface area contributed by atoms with Gasteiger partial charge in [0.05, 0.1) is 0 Å². The fourth-order valence-corrected chi connectivity index (χ4v) is 3.47. The number of hydrogen-bond acceptors (Lipinski definition) is 0. The maximum atomic E-state index is 2.42. The molecule has 0 N–H and O–H groups in total. The Kier molecular flexibility index (Phi) is 1.69. The van der Waals surface area contributed by atoms with Crippen molar-refractivity contribution in [3.05, 3.63) is 0 Å². The molecule has 1 heteroatoms. The zero-order chi connectivity index (χ0) is 5.28. The van der Waals surface area contributed by atoms with Crippen LogP contribution < -0.4 is 0 Å². The Morgan fingerprint density at radius 2 is 2.29 bits per heavy atom. The van der Waals surface area contributed by atoms with Crippen molar-refractivity contribution in [3.63, 3.8) is 0 Å². The monoisotopic (exact) mass is 116 g/mol. The van der Waals surface area contributed by atoms with E-state index in [4.69, 9.17) is 0 Å². The molecule has 0 amide bonds. The Bertz CT molecular complexity index is 53.2. The van der Waals surface area contributed by atoms with Crippen LogP contribution >= 0.6 is 7.92 Å². The molecule has 0 aromatic rings. The van der Waals surface area contributed by atoms with Crippen molar-refractivity contribution in [1.82, 2.24) is 0 Å². The van der Waals surface area contributed by atoms with Gasteiger partial charge in [-0.1, -0.05) is 6.92 Å². The van der Waals surface area contributed by atoms with Crippen molar-refractivity contribution in [2.75, 3.05) is 19.0 Å². The second-order valence-corrected chi connectivity index (χ2v) is 5.18. The molecule has 0 spiro atoms. The molecule has 1 fully saturated rings. The molecule has 2 unspecified atom stereocenters. The molecule has 1 aliphatic rings. The Labute approximate surface area is 47.1 Å². The van der Waals surface area contributed by atoms with Crippen molar-refractivity contribution >= 4 is 7.92 Å². The molecule has 1 heterocycles. The molecule has 1 saturated heterocycles. The number of hydrogen-bond donors (Lipinski definition) is 0. The Balaban J connectivity index is 2.26. The molecule has 7 heavy (non-hydrogen) atoms. The van der Waals surface area contributed by atoms with Gasteiger partial charge in [0.25, 0.3) is 0 Å². The smallest absolute Gasteiger partial charge is 0.0302 e. The lowest BCUT2D eigenvalue weighted by molar-refractivity contribution is 0.669. The van der Waals surface area contributed by atoms with Crippen LogP contribution in [0.4, 0.5) is 0 Å². The molecule has 42 valence electrons. The van der Waals surface area contributed by atoms with Gasteiger partial charge in [-0.15, -0.1) is 7.92 Å². The van der Waals surface area contributed by atoms with Gasteiger partial charge < -0.3 is 0 Å². The van der Waals surface area contributed by atoms with Crippen molar-refractivity contribution < 1.29 is 0 Å². The van der Waals surface area contributed by atoms with Gasteiger partial charge in [-0.25, -0.2) is 0 Å². The molecular weight excluding hydrogens is 103 g/mol. The average molecular weight is 116 g/mol. The van der Waals surface area contributed by atoms with Crippen molar-refractivity contribution in [2.24, 2.45) is 5.92 Å². The molecule has 0 nitrogen and oxygen atoms in total. The van der Waals surface area contributed by atoms with E-state index < -0.39 is 0 Å². The van der Waals surface area contributed by atoms with E-state index in [0.717, 1.165) is 5.92 Å². The topological polar surface area (TPSA) is 0 Å². The quantitative estimate of drug-likeness (QED) is 0.425. The summed E-state index contributed by atoms with van der Waals surface area (Å²) in [5, 5.41) is 0. The van der Waals surface area contributed by atoms with Crippen LogP contribution in [0.1, 0.15) is 13.3 Å². The molecule has 0 aromatic carbocycles. The van der Waals surface area contributed by atoms with Crippen LogP contribution in [0.3, 0.4) is 0 Å². The predicted octanol–water partition coefficient (Wildman–Crippen LogP) is 2.14. The minimum atomic E-state index is 0.496. The second kappa shape index (κ2) is 2.13. The third-order valence-corrected chi connectivity index (χ3v) is 3.90. The highest BCUT2D eigenvalue weighted by atomic mass is 31.1. The summed E-state index contributed by atoms with van der Waals surface area (Å²) < 4.78 is 0. The highest BCUT2D eigenvalue weighted by molar-refractivity contribution is 7.57. The summed E-state index contributed by atoms with van der Waals surface area (Å²) in [4.78, 5) is 0. The third kappa shape index (κ3) is 1.42. The lowest BCUT2D eigenvalue weighted by atomic mass is 10.2. The fraction of sp³-hybridized carbons (Fsp3) is 1.00. The third-order valence-electron chi connectivity index (χ3n) is 1.63. The Morgan fingerprint density at radius 3 is 2.43 bits per heavy atom. The first kappa shape index (κ1) is 5.56. The summed E-state index contributed by atoms with van der Waals surface area (Å²) in [5.74, 6) is 1.05. The second-order valence-electron chi connectivity index (χ2n) is 2.66. The molecule has 0 aliphatic carbocycles. The largest absolute Gasteiger partial charge is 0.110 e. The van der Waals surface area contributed by atoms with E-state index in [1.54, 1.807) is 0 Å². The maximum Gasteiger partial charge on any atom is -0.0302 e. The van der Waals surface area contributed by atoms with Gasteiger partial charge in [0.2, 0.25) is 0 Å². The highest BCUT2D eigenvalue weighted by Crippen LogP contribution is 2.41. The SMILES string of the molecule is CC1CCP(C)C1. The van der Waals surface area contributed by atoms with Gasteiger partial charge in [0, 0.05) is 0 Å². The lowest BCUT2D eigenvalue weighted by Gasteiger charge is -1.97. The van der Waals surface area contributed by atoms with Gasteiger partial charge in [0.15, 0.2) is 0 Å². The first-order valence-corrected chi connectivity index (χ1v) is 5.13. The highest BCUT2D eigenvalue weighted by Gasteiger charge is 2.15. The molecule has 0 aromatic heterocycles. The molecule has 0 radical (unpaired) electrons. The fourth-order valence-electron chi connectivity index (χ4n) is 1.16. The van der Waals surface area contributed by atoms with Crippen molar-refractivity contribution in [2.45, 2.75) is 13.3 Å². The molecule has 1 aliphatic heterocycles. The van der Waals surface area contributed by atoms with Gasteiger partial charge in [-0.05, 0) is 31.3 Å². The summed E-state index contributed by atoms with van der Waals surface area (Å²) in [6.07, 6.45) is 4.58. The van der Waals surface area contributed by atoms with E-state index in [2.05, 4.69) is 13.6 Å². The van der Waals surface area contributed by atoms with Gasteiger partial charge in [-0.2, -0.15) is 0 Å². The van der Waals surface area contributed by atoms with E-state index in [1.807, 2.05) is 0 Å². The van der Waals surface area contributed by atoms with E-state index in [-0.39, 0.29) is 0 Å². The van der Waals surface area contributed by atoms with Crippen LogP contribution in [-0.2, 0) is 0 Å². The van der Waals surface area contributed by atoms with Crippen LogP contribution in [0.2, 0.25) is 0 Å². The lowest BCUT2D eigenvalue weighted by Crippen LogP contribution is -1.86. The standard InChI is InChI=1S/C6H13P/c1-6-3-4-7(2)5-6/h6H,3-5H2,1-2H3. The van der Waals surface area contributed by atoms with Crippen molar-refractivity contribution in [1.29, 1.82) is 0 Å². The summed E-state index contributed by atoms with van der Waals surface area (Å²) in [7, 11) is 0.496. The zero-order valence-electron chi connectivity index (χ0n) is 5.15. The normalized spacial score (nSPS) is 42.0. The van der Waals surface area contributed by atoms with E-state index in [1.165, 1.54) is 18.7 Å². The van der Waals surface area contributed by atoms with Crippen molar-refractivity contribution in [3.8, 4) is 0 Å². The van der Waals surface area contributed by atoms with E-state index in [9.17, 15) is 0 Å². The summed E-state index contributed by atoms with van der Waals surface area (Å²) >= 11 is 0. The minimum Gasteiger partial charge on any atom is -0.110 e. The first-order valence-electron chi connectivity index (χ1n) is 2.97. The molecule has 2 atom stereocenters. The molecule has 1 rings (SSSR count). The van der Waals surface area contributed by atoms with Crippen LogP contribution in [0.25, 0.3) is 0 Å². The average Bonchev–Trinajstić information content (AvgIpc) is 1.87. The molecular formula is C6H13P. The van der Waals surface area contributed by atoms with Gasteiger partial charge in [0.1, 0.15) is 0 Å². The van der Waals surface area contributed by atoms with Gasteiger partial charge in [-0.3, -0.25) is 0 Å². The van der Waals surface area contributed by atoms with E-state index >= 15 is 0 Å². The predicted molar refractivity (Wildman–Crippen MR) is 36.4 cm³/mol. The molecule has 0 saturated carbocycles. The Hall–Kier alpha value is 0.430. The van der Waals surface area contributed by atoms with Crippen LogP contribution in [0.15, 0.2) is 0 Å². The van der Waals surface area contributed by atoms with Crippen LogP contribution in [-0.4, -0.2) is 19.0 Å².